The lowest BCUT2D eigenvalue weighted by atomic mass is 10.3. The molecule has 1 aromatic heterocycles. The van der Waals surface area contributed by atoms with E-state index in [1.54, 1.807) is 22.6 Å². The first-order valence-corrected chi connectivity index (χ1v) is 4.35. The molecule has 3 nitrogen and oxygen atoms in total. The molecule has 0 atom stereocenters. The molecule has 0 aliphatic rings. The number of hydrogen-bond donors (Lipinski definition) is 1. The van der Waals surface area contributed by atoms with Gasteiger partial charge in [-0.3, -0.25) is 0 Å². The van der Waals surface area contributed by atoms with Crippen LogP contribution in [0.15, 0.2) is 6.07 Å². The van der Waals surface area contributed by atoms with Gasteiger partial charge in [-0.2, -0.15) is 0 Å². The van der Waals surface area contributed by atoms with Gasteiger partial charge in [-0.1, -0.05) is 0 Å². The highest BCUT2D eigenvalue weighted by molar-refractivity contribution is 14.1. The molecule has 1 heterocycles. The molecule has 0 radical (unpaired) electrons. The first kappa shape index (κ1) is 10.4. The molecule has 0 aliphatic carbocycles. The Hall–Kier alpha value is -0.660. The van der Waals surface area contributed by atoms with Gasteiger partial charge in [-0.25, -0.2) is 13.8 Å². The smallest absolute Gasteiger partial charge is 0.284 e. The van der Waals surface area contributed by atoms with Gasteiger partial charge >= 0.3 is 0 Å². The van der Waals surface area contributed by atoms with E-state index < -0.39 is 17.9 Å². The Morgan fingerprint density at radius 2 is 2.23 bits per heavy atom. The SMILES string of the molecule is COc1cc(I)c(O)c(C(F)F)n1. The first-order chi connectivity index (χ1) is 6.06. The largest absolute Gasteiger partial charge is 0.505 e. The van der Waals surface area contributed by atoms with Crippen molar-refractivity contribution in [2.45, 2.75) is 6.43 Å². The lowest BCUT2D eigenvalue weighted by molar-refractivity contribution is 0.140. The fraction of sp³-hybridized carbons (Fsp3) is 0.286. The van der Waals surface area contributed by atoms with Crippen LogP contribution in [0.25, 0.3) is 0 Å². The second kappa shape index (κ2) is 4.03. The summed E-state index contributed by atoms with van der Waals surface area (Å²) in [5, 5.41) is 9.18. The van der Waals surface area contributed by atoms with Crippen LogP contribution in [0.5, 0.6) is 11.6 Å². The van der Waals surface area contributed by atoms with Gasteiger partial charge < -0.3 is 9.84 Å². The third kappa shape index (κ3) is 2.17. The molecule has 1 rings (SSSR count). The molecule has 0 spiro atoms. The van der Waals surface area contributed by atoms with Crippen molar-refractivity contribution < 1.29 is 18.6 Å². The monoisotopic (exact) mass is 301 g/mol. The lowest BCUT2D eigenvalue weighted by Crippen LogP contribution is -1.96. The van der Waals surface area contributed by atoms with E-state index in [-0.39, 0.29) is 5.88 Å². The minimum Gasteiger partial charge on any atom is -0.505 e. The molecule has 72 valence electrons. The van der Waals surface area contributed by atoms with Gasteiger partial charge in [0.05, 0.1) is 10.7 Å². The van der Waals surface area contributed by atoms with E-state index in [4.69, 9.17) is 0 Å². The van der Waals surface area contributed by atoms with Crippen molar-refractivity contribution in [3.05, 3.63) is 15.3 Å². The highest BCUT2D eigenvalue weighted by atomic mass is 127. The van der Waals surface area contributed by atoms with Crippen molar-refractivity contribution in [1.82, 2.24) is 4.98 Å². The van der Waals surface area contributed by atoms with Crippen molar-refractivity contribution in [2.75, 3.05) is 7.11 Å². The van der Waals surface area contributed by atoms with Crippen LogP contribution >= 0.6 is 22.6 Å². The van der Waals surface area contributed by atoms with E-state index >= 15 is 0 Å². The van der Waals surface area contributed by atoms with E-state index in [9.17, 15) is 13.9 Å². The summed E-state index contributed by atoms with van der Waals surface area (Å²) < 4.78 is 29.5. The van der Waals surface area contributed by atoms with Crippen LogP contribution in [0.3, 0.4) is 0 Å². The third-order valence-corrected chi connectivity index (χ3v) is 2.19. The van der Waals surface area contributed by atoms with Gasteiger partial charge in [0, 0.05) is 6.07 Å². The number of ether oxygens (including phenoxy) is 1. The summed E-state index contributed by atoms with van der Waals surface area (Å²) in [7, 11) is 1.32. The van der Waals surface area contributed by atoms with E-state index in [2.05, 4.69) is 9.72 Å². The average molecular weight is 301 g/mol. The van der Waals surface area contributed by atoms with Gasteiger partial charge in [0.1, 0.15) is 0 Å². The topological polar surface area (TPSA) is 42.4 Å². The van der Waals surface area contributed by atoms with Crippen LogP contribution in [0.2, 0.25) is 0 Å². The Labute approximate surface area is 86.9 Å². The number of pyridine rings is 1. The number of nitrogens with zero attached hydrogens (tertiary/aromatic N) is 1. The predicted octanol–water partition coefficient (Wildman–Crippen LogP) is 2.34. The molecule has 0 aromatic carbocycles. The molecule has 0 fully saturated rings. The van der Waals surface area contributed by atoms with E-state index in [1.807, 2.05) is 0 Å². The van der Waals surface area contributed by atoms with Crippen LogP contribution in [-0.2, 0) is 0 Å². The highest BCUT2D eigenvalue weighted by Crippen LogP contribution is 2.32. The molecular weight excluding hydrogens is 295 g/mol. The number of aromatic hydroxyl groups is 1. The van der Waals surface area contributed by atoms with E-state index in [0.717, 1.165) is 0 Å². The Bertz CT molecular complexity index is 320. The molecule has 1 aromatic rings. The zero-order valence-corrected chi connectivity index (χ0v) is 8.75. The van der Waals surface area contributed by atoms with Gasteiger partial charge in [0.15, 0.2) is 11.4 Å². The Balaban J connectivity index is 3.25. The zero-order chi connectivity index (χ0) is 10.0. The Morgan fingerprint density at radius 3 is 2.69 bits per heavy atom. The normalized spacial score (nSPS) is 10.5. The van der Waals surface area contributed by atoms with E-state index in [1.165, 1.54) is 13.2 Å². The van der Waals surface area contributed by atoms with Gasteiger partial charge in [-0.05, 0) is 22.6 Å². The predicted molar refractivity (Wildman–Crippen MR) is 50.1 cm³/mol. The fourth-order valence-electron chi connectivity index (χ4n) is 0.760. The zero-order valence-electron chi connectivity index (χ0n) is 6.59. The highest BCUT2D eigenvalue weighted by Gasteiger charge is 2.18. The molecule has 0 bridgehead atoms. The fourth-order valence-corrected chi connectivity index (χ4v) is 1.30. The van der Waals surface area contributed by atoms with Gasteiger partial charge in [0.2, 0.25) is 5.88 Å². The minimum absolute atomic E-state index is 0.0671. The molecule has 13 heavy (non-hydrogen) atoms. The van der Waals surface area contributed by atoms with Crippen LogP contribution in [0, 0.1) is 3.57 Å². The van der Waals surface area contributed by atoms with Crippen molar-refractivity contribution in [1.29, 1.82) is 0 Å². The molecule has 0 amide bonds. The number of methoxy groups -OCH3 is 1. The van der Waals surface area contributed by atoms with Crippen LogP contribution in [0.1, 0.15) is 12.1 Å². The van der Waals surface area contributed by atoms with Crippen LogP contribution < -0.4 is 4.74 Å². The molecular formula is C7H6F2INO2. The van der Waals surface area contributed by atoms with Crippen molar-refractivity contribution >= 4 is 22.6 Å². The standard InChI is InChI=1S/C7H6F2INO2/c1-13-4-2-3(10)6(12)5(11-4)7(8)9/h2,7,12H,1H3. The average Bonchev–Trinajstić information content (AvgIpc) is 2.09. The van der Waals surface area contributed by atoms with Crippen LogP contribution in [0.4, 0.5) is 8.78 Å². The molecule has 0 aliphatic heterocycles. The Kier molecular flexibility index (Phi) is 3.23. The van der Waals surface area contributed by atoms with Crippen molar-refractivity contribution in [2.24, 2.45) is 0 Å². The number of halogens is 3. The maximum absolute atomic E-state index is 12.2. The summed E-state index contributed by atoms with van der Waals surface area (Å²) in [4.78, 5) is 3.42. The molecule has 0 saturated heterocycles. The van der Waals surface area contributed by atoms with Crippen molar-refractivity contribution in [3.63, 3.8) is 0 Å². The first-order valence-electron chi connectivity index (χ1n) is 3.27. The molecule has 0 unspecified atom stereocenters. The Morgan fingerprint density at radius 1 is 1.62 bits per heavy atom. The summed E-state index contributed by atoms with van der Waals surface area (Å²) in [6, 6.07) is 1.38. The van der Waals surface area contributed by atoms with Gasteiger partial charge in [-0.15, -0.1) is 0 Å². The summed E-state index contributed by atoms with van der Waals surface area (Å²) in [5.41, 5.74) is -0.649. The number of alkyl halides is 2. The summed E-state index contributed by atoms with van der Waals surface area (Å²) in [6.45, 7) is 0. The second-order valence-corrected chi connectivity index (χ2v) is 3.34. The maximum atomic E-state index is 12.2. The molecule has 0 saturated carbocycles. The lowest BCUT2D eigenvalue weighted by Gasteiger charge is -2.06. The number of aromatic nitrogens is 1. The van der Waals surface area contributed by atoms with Crippen LogP contribution in [-0.4, -0.2) is 17.2 Å². The van der Waals surface area contributed by atoms with Crippen molar-refractivity contribution in [3.8, 4) is 11.6 Å². The summed E-state index contributed by atoms with van der Waals surface area (Å²) in [6.07, 6.45) is -2.80. The second-order valence-electron chi connectivity index (χ2n) is 2.18. The summed E-state index contributed by atoms with van der Waals surface area (Å²) >= 11 is 1.73. The number of hydrogen-bond acceptors (Lipinski definition) is 3. The minimum atomic E-state index is -2.80. The van der Waals surface area contributed by atoms with E-state index in [0.29, 0.717) is 3.57 Å². The maximum Gasteiger partial charge on any atom is 0.284 e. The third-order valence-electron chi connectivity index (χ3n) is 1.37. The summed E-state index contributed by atoms with van der Waals surface area (Å²) in [5.74, 6) is -0.422. The number of rotatable bonds is 2. The quantitative estimate of drug-likeness (QED) is 0.853. The van der Waals surface area contributed by atoms with Gasteiger partial charge in [0.25, 0.3) is 6.43 Å². The molecule has 1 N–H and O–H groups in total. The molecule has 6 heteroatoms.